The Bertz CT molecular complexity index is 483. The van der Waals surface area contributed by atoms with Crippen LogP contribution in [0.25, 0.3) is 11.3 Å². The van der Waals surface area contributed by atoms with Crippen LogP contribution in [0, 0.1) is 13.8 Å². The average Bonchev–Trinajstić information content (AvgIpc) is 2.44. The normalized spacial score (nSPS) is 10.6. The second-order valence-corrected chi connectivity index (χ2v) is 3.82. The lowest BCUT2D eigenvalue weighted by atomic mass is 10.1. The average molecular weight is 203 g/mol. The fraction of sp³-hybridized carbons (Fsp3) is 0.250. The van der Waals surface area contributed by atoms with Gasteiger partial charge in [-0.25, -0.2) is 0 Å². The molecule has 1 aromatic heterocycles. The van der Waals surface area contributed by atoms with E-state index in [9.17, 15) is 5.11 Å². The molecule has 2 N–H and O–H groups in total. The molecule has 0 saturated heterocycles. The van der Waals surface area contributed by atoms with Crippen molar-refractivity contribution in [2.45, 2.75) is 13.8 Å². The van der Waals surface area contributed by atoms with Crippen molar-refractivity contribution in [1.29, 1.82) is 0 Å². The van der Waals surface area contributed by atoms with E-state index in [-0.39, 0.29) is 0 Å². The Labute approximate surface area is 89.0 Å². The van der Waals surface area contributed by atoms with Crippen LogP contribution in [-0.4, -0.2) is 10.2 Å². The Morgan fingerprint density at radius 2 is 1.73 bits per heavy atom. The van der Waals surface area contributed by atoms with Gasteiger partial charge in [-0.1, -0.05) is 0 Å². The zero-order valence-electron chi connectivity index (χ0n) is 9.20. The minimum absolute atomic E-state index is 0.298. The lowest BCUT2D eigenvalue weighted by Gasteiger charge is -1.96. The second kappa shape index (κ2) is 3.42. The smallest absolute Gasteiger partial charge is 0.241 e. The summed E-state index contributed by atoms with van der Waals surface area (Å²) in [5.74, 6) is 0.298. The van der Waals surface area contributed by atoms with Gasteiger partial charge in [-0.3, -0.25) is 0 Å². The summed E-state index contributed by atoms with van der Waals surface area (Å²) in [6.45, 7) is 4.15. The first kappa shape index (κ1) is 9.77. The molecule has 0 fully saturated rings. The number of phenolic OH excluding ortho intramolecular Hbond substituents is 1. The van der Waals surface area contributed by atoms with Gasteiger partial charge in [0, 0.05) is 11.1 Å². The quantitative estimate of drug-likeness (QED) is 0.682. The minimum Gasteiger partial charge on any atom is -0.508 e. The van der Waals surface area contributed by atoms with Crippen molar-refractivity contribution in [2.75, 3.05) is 0 Å². The van der Waals surface area contributed by atoms with Gasteiger partial charge in [-0.2, -0.15) is 5.10 Å². The first-order valence-corrected chi connectivity index (χ1v) is 4.94. The molecule has 0 radical (unpaired) electrons. The topological polar surface area (TPSA) is 39.9 Å². The number of benzene rings is 1. The van der Waals surface area contributed by atoms with Crippen LogP contribution >= 0.6 is 0 Å². The van der Waals surface area contributed by atoms with Gasteiger partial charge < -0.3 is 5.11 Å². The van der Waals surface area contributed by atoms with E-state index in [0.717, 1.165) is 11.3 Å². The van der Waals surface area contributed by atoms with E-state index in [4.69, 9.17) is 0 Å². The molecule has 0 aliphatic rings. The Hall–Kier alpha value is -1.77. The lowest BCUT2D eigenvalue weighted by molar-refractivity contribution is -0.717. The number of hydrogen-bond acceptors (Lipinski definition) is 1. The predicted molar refractivity (Wildman–Crippen MR) is 58.5 cm³/mol. The maximum atomic E-state index is 9.23. The highest BCUT2D eigenvalue weighted by atomic mass is 16.3. The van der Waals surface area contributed by atoms with Crippen LogP contribution in [0.4, 0.5) is 0 Å². The molecule has 2 aromatic rings. The van der Waals surface area contributed by atoms with Gasteiger partial charge in [-0.05, 0) is 38.1 Å². The Morgan fingerprint density at radius 3 is 2.20 bits per heavy atom. The van der Waals surface area contributed by atoms with Crippen LogP contribution in [0.15, 0.2) is 24.3 Å². The van der Waals surface area contributed by atoms with E-state index in [0.29, 0.717) is 5.75 Å². The summed E-state index contributed by atoms with van der Waals surface area (Å²) in [5.41, 5.74) is 4.67. The van der Waals surface area contributed by atoms with Crippen molar-refractivity contribution < 1.29 is 9.79 Å². The summed E-state index contributed by atoms with van der Waals surface area (Å²) >= 11 is 0. The second-order valence-electron chi connectivity index (χ2n) is 3.82. The zero-order valence-corrected chi connectivity index (χ0v) is 9.20. The molecule has 0 aliphatic heterocycles. The molecule has 0 saturated carbocycles. The monoisotopic (exact) mass is 203 g/mol. The summed E-state index contributed by atoms with van der Waals surface area (Å²) in [4.78, 5) is 0. The molecule has 0 atom stereocenters. The Morgan fingerprint density at radius 1 is 1.13 bits per heavy atom. The van der Waals surface area contributed by atoms with Crippen molar-refractivity contribution in [1.82, 2.24) is 5.10 Å². The summed E-state index contributed by atoms with van der Waals surface area (Å²) < 4.78 is 2.00. The Kier molecular flexibility index (Phi) is 2.23. The maximum Gasteiger partial charge on any atom is 0.241 e. The molecule has 1 heterocycles. The molecule has 0 aliphatic carbocycles. The molecule has 2 rings (SSSR count). The number of nitrogens with zero attached hydrogens (tertiary/aromatic N) is 1. The van der Waals surface area contributed by atoms with Gasteiger partial charge >= 0.3 is 0 Å². The third-order valence-corrected chi connectivity index (χ3v) is 2.73. The van der Waals surface area contributed by atoms with Crippen LogP contribution in [0.1, 0.15) is 11.3 Å². The van der Waals surface area contributed by atoms with Gasteiger partial charge in [-0.15, -0.1) is 4.68 Å². The number of phenols is 1. The van der Waals surface area contributed by atoms with Gasteiger partial charge in [0.25, 0.3) is 0 Å². The zero-order chi connectivity index (χ0) is 11.0. The molecule has 0 amide bonds. The van der Waals surface area contributed by atoms with Crippen LogP contribution in [0.5, 0.6) is 5.75 Å². The van der Waals surface area contributed by atoms with E-state index < -0.39 is 0 Å². The maximum absolute atomic E-state index is 9.23. The largest absolute Gasteiger partial charge is 0.508 e. The van der Waals surface area contributed by atoms with Gasteiger partial charge in [0.05, 0.1) is 5.69 Å². The molecule has 0 spiro atoms. The lowest BCUT2D eigenvalue weighted by Crippen LogP contribution is -2.32. The van der Waals surface area contributed by atoms with Gasteiger partial charge in [0.1, 0.15) is 5.75 Å². The van der Waals surface area contributed by atoms with Crippen molar-refractivity contribution in [3.05, 3.63) is 35.5 Å². The van der Waals surface area contributed by atoms with E-state index in [1.807, 2.05) is 23.9 Å². The molecular weight excluding hydrogens is 188 g/mol. The summed E-state index contributed by atoms with van der Waals surface area (Å²) in [6, 6.07) is 7.25. The van der Waals surface area contributed by atoms with Gasteiger partial charge in [0.2, 0.25) is 5.69 Å². The number of aromatic hydroxyl groups is 1. The summed E-state index contributed by atoms with van der Waals surface area (Å²) in [6.07, 6.45) is 0. The SMILES string of the molecule is Cc1[nH][n+](C)c(-c2ccc(O)cc2)c1C. The van der Waals surface area contributed by atoms with Crippen molar-refractivity contribution in [3.63, 3.8) is 0 Å². The summed E-state index contributed by atoms with van der Waals surface area (Å²) in [5, 5.41) is 12.5. The highest BCUT2D eigenvalue weighted by Crippen LogP contribution is 2.22. The van der Waals surface area contributed by atoms with E-state index in [1.165, 1.54) is 11.3 Å². The highest BCUT2D eigenvalue weighted by molar-refractivity contribution is 5.61. The molecule has 15 heavy (non-hydrogen) atoms. The van der Waals surface area contributed by atoms with E-state index in [2.05, 4.69) is 18.9 Å². The van der Waals surface area contributed by atoms with Crippen LogP contribution in [0.3, 0.4) is 0 Å². The number of aromatic amines is 1. The fourth-order valence-corrected chi connectivity index (χ4v) is 1.85. The Balaban J connectivity index is 2.58. The third kappa shape index (κ3) is 1.61. The van der Waals surface area contributed by atoms with Crippen LogP contribution in [0.2, 0.25) is 0 Å². The first-order chi connectivity index (χ1) is 7.09. The minimum atomic E-state index is 0.298. The first-order valence-electron chi connectivity index (χ1n) is 4.94. The molecule has 3 nitrogen and oxygen atoms in total. The number of aryl methyl sites for hydroxylation is 2. The predicted octanol–water partition coefficient (Wildman–Crippen LogP) is 1.83. The van der Waals surface area contributed by atoms with Crippen molar-refractivity contribution in [3.8, 4) is 17.0 Å². The standard InChI is InChI=1S/C12H14N2O/c1-8-9(2)13-14(3)12(8)10-4-6-11(15)7-5-10/h4-7H,1-3H3,(H,13,15)/p+1. The van der Waals surface area contributed by atoms with Crippen molar-refractivity contribution >= 4 is 0 Å². The molecule has 3 heteroatoms. The molecule has 0 unspecified atom stereocenters. The van der Waals surface area contributed by atoms with E-state index in [1.54, 1.807) is 12.1 Å². The molecule has 0 bridgehead atoms. The highest BCUT2D eigenvalue weighted by Gasteiger charge is 2.18. The molecular formula is C12H15N2O+. The summed E-state index contributed by atoms with van der Waals surface area (Å²) in [7, 11) is 1.99. The molecule has 78 valence electrons. The number of aromatic nitrogens is 2. The van der Waals surface area contributed by atoms with Gasteiger partial charge in [0.15, 0.2) is 7.05 Å². The number of hydrogen-bond donors (Lipinski definition) is 2. The number of rotatable bonds is 1. The van der Waals surface area contributed by atoms with Crippen LogP contribution in [-0.2, 0) is 7.05 Å². The molecule has 1 aromatic carbocycles. The number of H-pyrrole nitrogens is 1. The van der Waals surface area contributed by atoms with Crippen LogP contribution < -0.4 is 4.68 Å². The van der Waals surface area contributed by atoms with E-state index >= 15 is 0 Å². The number of nitrogens with one attached hydrogen (secondary N) is 1. The third-order valence-electron chi connectivity index (χ3n) is 2.73. The fourth-order valence-electron chi connectivity index (χ4n) is 1.85. The van der Waals surface area contributed by atoms with Crippen molar-refractivity contribution in [2.24, 2.45) is 7.05 Å².